The normalized spacial score (nSPS) is 24.7. The second kappa shape index (κ2) is 7.10. The minimum atomic E-state index is -0.161. The van der Waals surface area contributed by atoms with Crippen LogP contribution in [0.3, 0.4) is 0 Å². The highest BCUT2D eigenvalue weighted by molar-refractivity contribution is 5.78. The number of carbonyl (C=O) groups is 1. The van der Waals surface area contributed by atoms with E-state index < -0.39 is 0 Å². The van der Waals surface area contributed by atoms with Gasteiger partial charge in [0, 0.05) is 19.1 Å². The summed E-state index contributed by atoms with van der Waals surface area (Å²) >= 11 is 0. The molecule has 2 aliphatic rings. The van der Waals surface area contributed by atoms with E-state index in [1.807, 2.05) is 0 Å². The Hall–Kier alpha value is -0.610. The number of nitrogens with zero attached hydrogens (tertiary/aromatic N) is 1. The topological polar surface area (TPSA) is 52.6 Å². The highest BCUT2D eigenvalue weighted by Crippen LogP contribution is 2.17. The predicted molar refractivity (Wildman–Crippen MR) is 71.3 cm³/mol. The van der Waals surface area contributed by atoms with E-state index in [9.17, 15) is 9.90 Å². The Morgan fingerprint density at radius 2 is 1.67 bits per heavy atom. The zero-order chi connectivity index (χ0) is 12.8. The highest BCUT2D eigenvalue weighted by Gasteiger charge is 2.20. The molecular weight excluding hydrogens is 228 g/mol. The molecule has 0 atom stereocenters. The number of rotatable bonds is 3. The maximum atomic E-state index is 12.0. The van der Waals surface area contributed by atoms with Gasteiger partial charge in [-0.15, -0.1) is 0 Å². The first-order valence-corrected chi connectivity index (χ1v) is 7.44. The first kappa shape index (κ1) is 13.8. The minimum absolute atomic E-state index is 0.161. The van der Waals surface area contributed by atoms with Crippen LogP contribution in [0.5, 0.6) is 0 Å². The molecule has 0 radical (unpaired) electrons. The number of piperidine rings is 1. The Balaban J connectivity index is 1.67. The predicted octanol–water partition coefficient (Wildman–Crippen LogP) is 1.28. The number of nitrogens with one attached hydrogen (secondary N) is 1. The van der Waals surface area contributed by atoms with Crippen LogP contribution in [-0.4, -0.2) is 47.7 Å². The largest absolute Gasteiger partial charge is 0.393 e. The molecule has 1 saturated carbocycles. The molecule has 0 aromatic carbocycles. The van der Waals surface area contributed by atoms with Gasteiger partial charge in [0.15, 0.2) is 0 Å². The number of carbonyl (C=O) groups excluding carboxylic acids is 1. The SMILES string of the molecule is O=C(CN1CCC(O)CC1)NC1CCCCCC1. The van der Waals surface area contributed by atoms with Crippen molar-refractivity contribution < 1.29 is 9.90 Å². The van der Waals surface area contributed by atoms with Crippen LogP contribution in [0.1, 0.15) is 51.4 Å². The monoisotopic (exact) mass is 254 g/mol. The van der Waals surface area contributed by atoms with Crippen LogP contribution >= 0.6 is 0 Å². The van der Waals surface area contributed by atoms with Crippen molar-refractivity contribution in [3.8, 4) is 0 Å². The quantitative estimate of drug-likeness (QED) is 0.746. The lowest BCUT2D eigenvalue weighted by molar-refractivity contribution is -0.123. The average molecular weight is 254 g/mol. The Kier molecular flexibility index (Phi) is 5.45. The van der Waals surface area contributed by atoms with Crippen LogP contribution in [0.2, 0.25) is 0 Å². The van der Waals surface area contributed by atoms with E-state index in [-0.39, 0.29) is 12.0 Å². The zero-order valence-electron chi connectivity index (χ0n) is 11.2. The van der Waals surface area contributed by atoms with Crippen LogP contribution in [0.15, 0.2) is 0 Å². The fraction of sp³-hybridized carbons (Fsp3) is 0.929. The van der Waals surface area contributed by atoms with Gasteiger partial charge in [0.2, 0.25) is 5.91 Å². The van der Waals surface area contributed by atoms with Gasteiger partial charge in [-0.3, -0.25) is 9.69 Å². The summed E-state index contributed by atoms with van der Waals surface area (Å²) in [6.07, 6.45) is 8.86. The number of likely N-dealkylation sites (tertiary alicyclic amines) is 1. The summed E-state index contributed by atoms with van der Waals surface area (Å²) in [5.74, 6) is 0.165. The van der Waals surface area contributed by atoms with E-state index in [1.165, 1.54) is 25.7 Å². The van der Waals surface area contributed by atoms with Crippen LogP contribution in [0, 0.1) is 0 Å². The fourth-order valence-corrected chi connectivity index (χ4v) is 2.98. The molecule has 1 saturated heterocycles. The van der Waals surface area contributed by atoms with Crippen molar-refractivity contribution in [2.24, 2.45) is 0 Å². The van der Waals surface area contributed by atoms with E-state index in [1.54, 1.807) is 0 Å². The molecule has 4 heteroatoms. The van der Waals surface area contributed by atoms with Crippen molar-refractivity contribution in [3.05, 3.63) is 0 Å². The van der Waals surface area contributed by atoms with Crippen molar-refractivity contribution in [2.45, 2.75) is 63.5 Å². The van der Waals surface area contributed by atoms with Crippen LogP contribution in [-0.2, 0) is 4.79 Å². The molecule has 2 fully saturated rings. The van der Waals surface area contributed by atoms with Gasteiger partial charge in [0.25, 0.3) is 0 Å². The number of hydrogen-bond donors (Lipinski definition) is 2. The molecule has 0 aromatic rings. The van der Waals surface area contributed by atoms with Crippen molar-refractivity contribution in [1.29, 1.82) is 0 Å². The van der Waals surface area contributed by atoms with Gasteiger partial charge in [-0.05, 0) is 25.7 Å². The summed E-state index contributed by atoms with van der Waals surface area (Å²) in [4.78, 5) is 14.1. The molecule has 1 aliphatic heterocycles. The van der Waals surface area contributed by atoms with Crippen LogP contribution in [0.25, 0.3) is 0 Å². The first-order valence-electron chi connectivity index (χ1n) is 7.44. The lowest BCUT2D eigenvalue weighted by atomic mass is 10.1. The van der Waals surface area contributed by atoms with Crippen molar-refractivity contribution in [3.63, 3.8) is 0 Å². The van der Waals surface area contributed by atoms with E-state index in [2.05, 4.69) is 10.2 Å². The molecule has 1 aliphatic carbocycles. The van der Waals surface area contributed by atoms with Gasteiger partial charge >= 0.3 is 0 Å². The number of aliphatic hydroxyl groups is 1. The third-order valence-corrected chi connectivity index (χ3v) is 4.14. The average Bonchev–Trinajstić information content (AvgIpc) is 2.61. The first-order chi connectivity index (χ1) is 8.74. The molecule has 1 heterocycles. The number of hydrogen-bond acceptors (Lipinski definition) is 3. The van der Waals surface area contributed by atoms with Gasteiger partial charge in [0.05, 0.1) is 12.6 Å². The second-order valence-corrected chi connectivity index (χ2v) is 5.76. The third-order valence-electron chi connectivity index (χ3n) is 4.14. The molecule has 0 bridgehead atoms. The molecule has 4 nitrogen and oxygen atoms in total. The Bertz CT molecular complexity index is 255. The molecule has 0 unspecified atom stereocenters. The molecule has 2 N–H and O–H groups in total. The molecule has 18 heavy (non-hydrogen) atoms. The molecule has 2 rings (SSSR count). The third kappa shape index (κ3) is 4.58. The molecular formula is C14H26N2O2. The minimum Gasteiger partial charge on any atom is -0.393 e. The Morgan fingerprint density at radius 1 is 1.06 bits per heavy atom. The summed E-state index contributed by atoms with van der Waals surface area (Å²) in [5.41, 5.74) is 0. The lowest BCUT2D eigenvalue weighted by Crippen LogP contribution is -2.45. The fourth-order valence-electron chi connectivity index (χ4n) is 2.98. The standard InChI is InChI=1S/C14H26N2O2/c17-13-7-9-16(10-8-13)11-14(18)15-12-5-3-1-2-4-6-12/h12-13,17H,1-11H2,(H,15,18). The smallest absolute Gasteiger partial charge is 0.234 e. The second-order valence-electron chi connectivity index (χ2n) is 5.76. The maximum absolute atomic E-state index is 12.0. The van der Waals surface area contributed by atoms with E-state index in [4.69, 9.17) is 0 Å². The summed E-state index contributed by atoms with van der Waals surface area (Å²) < 4.78 is 0. The van der Waals surface area contributed by atoms with Gasteiger partial charge in [0.1, 0.15) is 0 Å². The van der Waals surface area contributed by atoms with Crippen LogP contribution in [0.4, 0.5) is 0 Å². The summed E-state index contributed by atoms with van der Waals surface area (Å²) in [6, 6.07) is 0.399. The maximum Gasteiger partial charge on any atom is 0.234 e. The van der Waals surface area contributed by atoms with E-state index in [0.717, 1.165) is 38.8 Å². The highest BCUT2D eigenvalue weighted by atomic mass is 16.3. The number of amides is 1. The molecule has 0 aromatic heterocycles. The Labute approximate surface area is 110 Å². The van der Waals surface area contributed by atoms with Gasteiger partial charge in [-0.25, -0.2) is 0 Å². The van der Waals surface area contributed by atoms with Gasteiger partial charge in [-0.2, -0.15) is 0 Å². The number of aliphatic hydroxyl groups excluding tert-OH is 1. The summed E-state index contributed by atoms with van der Waals surface area (Å²) in [5, 5.41) is 12.6. The van der Waals surface area contributed by atoms with Gasteiger partial charge < -0.3 is 10.4 Å². The molecule has 104 valence electrons. The lowest BCUT2D eigenvalue weighted by Gasteiger charge is -2.29. The van der Waals surface area contributed by atoms with Crippen molar-refractivity contribution in [2.75, 3.05) is 19.6 Å². The summed E-state index contributed by atoms with van der Waals surface area (Å²) in [7, 11) is 0. The van der Waals surface area contributed by atoms with E-state index >= 15 is 0 Å². The Morgan fingerprint density at radius 3 is 2.28 bits per heavy atom. The van der Waals surface area contributed by atoms with Gasteiger partial charge in [-0.1, -0.05) is 25.7 Å². The zero-order valence-corrected chi connectivity index (χ0v) is 11.2. The summed E-state index contributed by atoms with van der Waals surface area (Å²) in [6.45, 7) is 2.20. The molecule has 0 spiro atoms. The van der Waals surface area contributed by atoms with Crippen molar-refractivity contribution >= 4 is 5.91 Å². The molecule has 1 amide bonds. The van der Waals surface area contributed by atoms with Crippen molar-refractivity contribution in [1.82, 2.24) is 10.2 Å². The van der Waals surface area contributed by atoms with E-state index in [0.29, 0.717) is 12.6 Å². The van der Waals surface area contributed by atoms with Crippen LogP contribution < -0.4 is 5.32 Å².